The Morgan fingerprint density at radius 2 is 1.77 bits per heavy atom. The van der Waals surface area contributed by atoms with Gasteiger partial charge in [-0.2, -0.15) is 0 Å². The molecule has 2 aromatic rings. The summed E-state index contributed by atoms with van der Waals surface area (Å²) in [6.07, 6.45) is 2.00. The molecule has 1 aromatic heterocycles. The Morgan fingerprint density at radius 3 is 2.41 bits per heavy atom. The van der Waals surface area contributed by atoms with Crippen LogP contribution >= 0.6 is 0 Å². The van der Waals surface area contributed by atoms with Gasteiger partial charge in [-0.3, -0.25) is 9.59 Å². The van der Waals surface area contributed by atoms with Crippen LogP contribution in [0.15, 0.2) is 47.1 Å². The molecule has 6 heteroatoms. The molecule has 0 radical (unpaired) electrons. The molecule has 2 amide bonds. The van der Waals surface area contributed by atoms with Gasteiger partial charge in [0.05, 0.1) is 19.4 Å². The molecule has 0 saturated carbocycles. The molecule has 0 fully saturated rings. The number of amides is 2. The first kappa shape index (κ1) is 15.8. The summed E-state index contributed by atoms with van der Waals surface area (Å²) in [4.78, 5) is 23.2. The number of nitrogens with one attached hydrogen (secondary N) is 3. The van der Waals surface area contributed by atoms with E-state index in [2.05, 4.69) is 16.0 Å². The number of carbonyl (C=O) groups is 2. The van der Waals surface area contributed by atoms with Crippen molar-refractivity contribution in [1.29, 1.82) is 0 Å². The minimum atomic E-state index is -0.162. The largest absolute Gasteiger partial charge is 0.468 e. The van der Waals surface area contributed by atoms with Gasteiger partial charge in [-0.05, 0) is 30.3 Å². The van der Waals surface area contributed by atoms with Crippen LogP contribution in [0.1, 0.15) is 19.1 Å². The Morgan fingerprint density at radius 1 is 1.05 bits per heavy atom. The number of furan rings is 1. The molecule has 0 unspecified atom stereocenters. The lowest BCUT2D eigenvalue weighted by Gasteiger charge is -2.08. The second-order valence-corrected chi connectivity index (χ2v) is 4.71. The van der Waals surface area contributed by atoms with Crippen molar-refractivity contribution in [2.24, 2.45) is 0 Å². The molecule has 22 heavy (non-hydrogen) atoms. The fourth-order valence-corrected chi connectivity index (χ4v) is 1.84. The highest BCUT2D eigenvalue weighted by molar-refractivity contribution is 5.94. The summed E-state index contributed by atoms with van der Waals surface area (Å²) < 4.78 is 5.16. The van der Waals surface area contributed by atoms with Crippen molar-refractivity contribution in [3.05, 3.63) is 48.4 Å². The Hall–Kier alpha value is -2.60. The molecule has 6 nitrogen and oxygen atoms in total. The Bertz CT molecular complexity index is 623. The molecule has 0 atom stereocenters. The first-order valence-electron chi connectivity index (χ1n) is 7.10. The van der Waals surface area contributed by atoms with E-state index in [1.54, 1.807) is 43.5 Å². The predicted octanol–water partition coefficient (Wildman–Crippen LogP) is 2.36. The number of benzene rings is 1. The summed E-state index contributed by atoms with van der Waals surface area (Å²) in [5.74, 6) is 0.547. The summed E-state index contributed by atoms with van der Waals surface area (Å²) in [6.45, 7) is 2.45. The quantitative estimate of drug-likeness (QED) is 0.733. The van der Waals surface area contributed by atoms with E-state index < -0.39 is 0 Å². The average molecular weight is 301 g/mol. The van der Waals surface area contributed by atoms with Crippen molar-refractivity contribution in [1.82, 2.24) is 5.32 Å². The molecule has 1 heterocycles. The third kappa shape index (κ3) is 5.06. The van der Waals surface area contributed by atoms with Crippen LogP contribution in [0, 0.1) is 0 Å². The highest BCUT2D eigenvalue weighted by Crippen LogP contribution is 2.15. The zero-order valence-electron chi connectivity index (χ0n) is 12.4. The van der Waals surface area contributed by atoms with Gasteiger partial charge < -0.3 is 20.4 Å². The standard InChI is InChI=1S/C16H19N3O3/c1-2-15(20)18-12-5-3-6-13(9-12)19-16(21)11-17-10-14-7-4-8-22-14/h3-9,17H,2,10-11H2,1H3,(H,18,20)(H,19,21). The van der Waals surface area contributed by atoms with Gasteiger partial charge in [0.1, 0.15) is 5.76 Å². The van der Waals surface area contributed by atoms with Crippen molar-refractivity contribution >= 4 is 23.2 Å². The topological polar surface area (TPSA) is 83.4 Å². The van der Waals surface area contributed by atoms with E-state index in [-0.39, 0.29) is 18.4 Å². The molecule has 3 N–H and O–H groups in total. The second kappa shape index (κ2) is 7.99. The van der Waals surface area contributed by atoms with Crippen molar-refractivity contribution in [2.45, 2.75) is 19.9 Å². The number of hydrogen-bond acceptors (Lipinski definition) is 4. The van der Waals surface area contributed by atoms with Crippen LogP contribution in [0.5, 0.6) is 0 Å². The van der Waals surface area contributed by atoms with E-state index in [1.165, 1.54) is 0 Å². The first-order chi connectivity index (χ1) is 10.7. The van der Waals surface area contributed by atoms with Crippen molar-refractivity contribution in [3.63, 3.8) is 0 Å². The maximum atomic E-state index is 11.8. The first-order valence-corrected chi connectivity index (χ1v) is 7.10. The number of carbonyl (C=O) groups excluding carboxylic acids is 2. The summed E-state index contributed by atoms with van der Waals surface area (Å²) in [6, 6.07) is 10.7. The number of anilines is 2. The van der Waals surface area contributed by atoms with Crippen LogP contribution in [0.4, 0.5) is 11.4 Å². The highest BCUT2D eigenvalue weighted by atomic mass is 16.3. The van der Waals surface area contributed by atoms with E-state index in [0.29, 0.717) is 24.3 Å². The van der Waals surface area contributed by atoms with Gasteiger partial charge in [0.2, 0.25) is 11.8 Å². The maximum Gasteiger partial charge on any atom is 0.238 e. The lowest BCUT2D eigenvalue weighted by molar-refractivity contribution is -0.116. The van der Waals surface area contributed by atoms with Crippen LogP contribution in [-0.4, -0.2) is 18.4 Å². The maximum absolute atomic E-state index is 11.8. The van der Waals surface area contributed by atoms with E-state index in [9.17, 15) is 9.59 Å². The van der Waals surface area contributed by atoms with Gasteiger partial charge in [0, 0.05) is 17.8 Å². The van der Waals surface area contributed by atoms with E-state index in [4.69, 9.17) is 4.42 Å². The van der Waals surface area contributed by atoms with E-state index in [0.717, 1.165) is 5.76 Å². The van der Waals surface area contributed by atoms with Gasteiger partial charge in [-0.15, -0.1) is 0 Å². The molecule has 0 saturated heterocycles. The van der Waals surface area contributed by atoms with Gasteiger partial charge in [-0.1, -0.05) is 13.0 Å². The fraction of sp³-hybridized carbons (Fsp3) is 0.250. The second-order valence-electron chi connectivity index (χ2n) is 4.71. The van der Waals surface area contributed by atoms with Crippen LogP contribution in [0.2, 0.25) is 0 Å². The van der Waals surface area contributed by atoms with Crippen LogP contribution < -0.4 is 16.0 Å². The number of rotatable bonds is 7. The van der Waals surface area contributed by atoms with Gasteiger partial charge in [-0.25, -0.2) is 0 Å². The summed E-state index contributed by atoms with van der Waals surface area (Å²) >= 11 is 0. The molecule has 1 aromatic carbocycles. The van der Waals surface area contributed by atoms with Crippen LogP contribution in [0.3, 0.4) is 0 Å². The molecule has 0 aliphatic carbocycles. The summed E-state index contributed by atoms with van der Waals surface area (Å²) in [5, 5.41) is 8.51. The monoisotopic (exact) mass is 301 g/mol. The number of hydrogen-bond donors (Lipinski definition) is 3. The van der Waals surface area contributed by atoms with Crippen molar-refractivity contribution < 1.29 is 14.0 Å². The summed E-state index contributed by atoms with van der Waals surface area (Å²) in [5.41, 5.74) is 1.30. The molecule has 0 aliphatic rings. The third-order valence-electron chi connectivity index (χ3n) is 2.92. The zero-order chi connectivity index (χ0) is 15.8. The molecular formula is C16H19N3O3. The minimum absolute atomic E-state index is 0.0661. The molecule has 116 valence electrons. The van der Waals surface area contributed by atoms with Crippen molar-refractivity contribution in [2.75, 3.05) is 17.2 Å². The zero-order valence-corrected chi connectivity index (χ0v) is 12.4. The Kier molecular flexibility index (Phi) is 5.73. The molecule has 0 spiro atoms. The molecule has 0 aliphatic heterocycles. The molecule has 0 bridgehead atoms. The fourth-order valence-electron chi connectivity index (χ4n) is 1.84. The normalized spacial score (nSPS) is 10.2. The highest BCUT2D eigenvalue weighted by Gasteiger charge is 2.04. The van der Waals surface area contributed by atoms with Crippen molar-refractivity contribution in [3.8, 4) is 0 Å². The van der Waals surface area contributed by atoms with Gasteiger partial charge in [0.15, 0.2) is 0 Å². The summed E-state index contributed by atoms with van der Waals surface area (Å²) in [7, 11) is 0. The van der Waals surface area contributed by atoms with Gasteiger partial charge >= 0.3 is 0 Å². The van der Waals surface area contributed by atoms with Gasteiger partial charge in [0.25, 0.3) is 0 Å². The SMILES string of the molecule is CCC(=O)Nc1cccc(NC(=O)CNCc2ccco2)c1. The van der Waals surface area contributed by atoms with E-state index in [1.807, 2.05) is 6.07 Å². The predicted molar refractivity (Wildman–Crippen MR) is 84.4 cm³/mol. The molecule has 2 rings (SSSR count). The Labute approximate surface area is 128 Å². The average Bonchev–Trinajstić information content (AvgIpc) is 3.00. The lowest BCUT2D eigenvalue weighted by Crippen LogP contribution is -2.27. The lowest BCUT2D eigenvalue weighted by atomic mass is 10.2. The smallest absolute Gasteiger partial charge is 0.238 e. The molecular weight excluding hydrogens is 282 g/mol. The van der Waals surface area contributed by atoms with E-state index >= 15 is 0 Å². The third-order valence-corrected chi connectivity index (χ3v) is 2.92. The minimum Gasteiger partial charge on any atom is -0.468 e. The van der Waals surface area contributed by atoms with Crippen LogP contribution in [-0.2, 0) is 16.1 Å². The van der Waals surface area contributed by atoms with Crippen LogP contribution in [0.25, 0.3) is 0 Å². The Balaban J connectivity index is 1.80.